The zero-order valence-electron chi connectivity index (χ0n) is 17.2. The molecule has 0 amide bonds. The minimum absolute atomic E-state index is 0.554. The highest BCUT2D eigenvalue weighted by Crippen LogP contribution is 2.24. The first kappa shape index (κ1) is 19.3. The van der Waals surface area contributed by atoms with E-state index in [9.17, 15) is 0 Å². The summed E-state index contributed by atoms with van der Waals surface area (Å²) in [6, 6.07) is 17.0. The molecule has 0 saturated carbocycles. The van der Waals surface area contributed by atoms with Crippen LogP contribution in [0.1, 0.15) is 23.6 Å². The lowest BCUT2D eigenvalue weighted by Crippen LogP contribution is -2.46. The second-order valence-electron chi connectivity index (χ2n) is 7.47. The number of para-hydroxylation sites is 1. The van der Waals surface area contributed by atoms with E-state index in [-0.39, 0.29) is 0 Å². The average Bonchev–Trinajstić information content (AvgIpc) is 2.77. The third-order valence-corrected chi connectivity index (χ3v) is 5.47. The van der Waals surface area contributed by atoms with Crippen molar-refractivity contribution in [3.63, 3.8) is 0 Å². The van der Waals surface area contributed by atoms with Gasteiger partial charge in [-0.25, -0.2) is 0 Å². The van der Waals surface area contributed by atoms with E-state index in [1.807, 2.05) is 0 Å². The monoisotopic (exact) mass is 388 g/mol. The van der Waals surface area contributed by atoms with Crippen LogP contribution in [0, 0.1) is 6.92 Å². The molecular formula is C23H28N6. The molecule has 0 aliphatic carbocycles. The topological polar surface area (TPSA) is 57.2 Å². The molecule has 1 N–H and O–H groups in total. The van der Waals surface area contributed by atoms with Gasteiger partial charge in [0.25, 0.3) is 0 Å². The first-order valence-electron chi connectivity index (χ1n) is 10.3. The van der Waals surface area contributed by atoms with E-state index in [1.165, 1.54) is 16.7 Å². The van der Waals surface area contributed by atoms with Crippen LogP contribution < -0.4 is 10.2 Å². The molecule has 150 valence electrons. The number of nitrogens with zero attached hydrogens (tertiary/aromatic N) is 5. The fourth-order valence-corrected chi connectivity index (χ4v) is 3.79. The third kappa shape index (κ3) is 4.71. The van der Waals surface area contributed by atoms with E-state index in [2.05, 4.69) is 87.7 Å². The average molecular weight is 389 g/mol. The molecular weight excluding hydrogens is 360 g/mol. The Balaban J connectivity index is 1.41. The molecule has 1 fully saturated rings. The largest absolute Gasteiger partial charge is 0.353 e. The maximum absolute atomic E-state index is 4.74. The molecule has 29 heavy (non-hydrogen) atoms. The fraction of sp³-hybridized carbons (Fsp3) is 0.348. The third-order valence-electron chi connectivity index (χ3n) is 5.47. The summed E-state index contributed by atoms with van der Waals surface area (Å²) in [5, 5.41) is 11.8. The van der Waals surface area contributed by atoms with Crippen molar-refractivity contribution in [1.29, 1.82) is 0 Å². The quantitative estimate of drug-likeness (QED) is 0.693. The molecule has 6 nitrogen and oxygen atoms in total. The number of nitrogens with one attached hydrogen (secondary N) is 1. The van der Waals surface area contributed by atoms with E-state index in [0.29, 0.717) is 5.95 Å². The first-order valence-corrected chi connectivity index (χ1v) is 10.3. The fourth-order valence-electron chi connectivity index (χ4n) is 3.79. The Kier molecular flexibility index (Phi) is 6.00. The van der Waals surface area contributed by atoms with Crippen molar-refractivity contribution < 1.29 is 0 Å². The molecule has 3 aromatic rings. The zero-order valence-corrected chi connectivity index (χ0v) is 17.2. The number of aromatic nitrogens is 3. The van der Waals surface area contributed by atoms with Crippen molar-refractivity contribution in [2.45, 2.75) is 26.8 Å². The van der Waals surface area contributed by atoms with E-state index >= 15 is 0 Å². The summed E-state index contributed by atoms with van der Waals surface area (Å²) < 4.78 is 0. The lowest BCUT2D eigenvalue weighted by molar-refractivity contribution is 0.249. The number of benzene rings is 2. The SMILES string of the molecule is CCc1cccc(C)c1Nc1nncc(N2CCN(Cc3ccccc3)CC2)n1. The number of hydrogen-bond acceptors (Lipinski definition) is 6. The highest BCUT2D eigenvalue weighted by molar-refractivity contribution is 5.63. The van der Waals surface area contributed by atoms with Gasteiger partial charge in [0.05, 0.1) is 6.20 Å². The van der Waals surface area contributed by atoms with Gasteiger partial charge in [0.15, 0.2) is 5.82 Å². The number of rotatable bonds is 6. The van der Waals surface area contributed by atoms with Crippen LogP contribution >= 0.6 is 0 Å². The second kappa shape index (κ2) is 9.01. The van der Waals surface area contributed by atoms with Crippen molar-refractivity contribution in [2.75, 3.05) is 36.4 Å². The Morgan fingerprint density at radius 1 is 0.966 bits per heavy atom. The zero-order chi connectivity index (χ0) is 20.1. The maximum atomic E-state index is 4.74. The summed E-state index contributed by atoms with van der Waals surface area (Å²) in [6.45, 7) is 9.16. The summed E-state index contributed by atoms with van der Waals surface area (Å²) >= 11 is 0. The van der Waals surface area contributed by atoms with Gasteiger partial charge in [-0.05, 0) is 30.0 Å². The first-order chi connectivity index (χ1) is 14.2. The summed E-state index contributed by atoms with van der Waals surface area (Å²) in [4.78, 5) is 9.52. The molecule has 0 radical (unpaired) electrons. The van der Waals surface area contributed by atoms with Gasteiger partial charge in [-0.15, -0.1) is 5.10 Å². The standard InChI is InChI=1S/C23H28N6/c1-3-20-11-7-8-18(2)22(20)26-23-25-21(16-24-27-23)29-14-12-28(13-15-29)17-19-9-5-4-6-10-19/h4-11,16H,3,12-15,17H2,1-2H3,(H,25,26,27). The van der Waals surface area contributed by atoms with Crippen LogP contribution in [-0.2, 0) is 13.0 Å². The predicted molar refractivity (Wildman–Crippen MR) is 118 cm³/mol. The van der Waals surface area contributed by atoms with Crippen molar-refractivity contribution in [2.24, 2.45) is 0 Å². The summed E-state index contributed by atoms with van der Waals surface area (Å²) in [5.74, 6) is 1.44. The van der Waals surface area contributed by atoms with E-state index in [4.69, 9.17) is 4.98 Å². The van der Waals surface area contributed by atoms with Crippen molar-refractivity contribution >= 4 is 17.5 Å². The Labute approximate surface area is 172 Å². The van der Waals surface area contributed by atoms with Crippen LogP contribution in [0.2, 0.25) is 0 Å². The molecule has 0 atom stereocenters. The summed E-state index contributed by atoms with van der Waals surface area (Å²) in [6.07, 6.45) is 2.72. The number of aryl methyl sites for hydroxylation is 2. The van der Waals surface area contributed by atoms with Gasteiger partial charge in [-0.1, -0.05) is 55.5 Å². The van der Waals surface area contributed by atoms with E-state index in [0.717, 1.165) is 50.6 Å². The molecule has 0 unspecified atom stereocenters. The minimum atomic E-state index is 0.554. The van der Waals surface area contributed by atoms with Crippen LogP contribution in [0.5, 0.6) is 0 Å². The van der Waals surface area contributed by atoms with Crippen LogP contribution in [0.3, 0.4) is 0 Å². The molecule has 2 aromatic carbocycles. The Morgan fingerprint density at radius 3 is 2.52 bits per heavy atom. The van der Waals surface area contributed by atoms with Gasteiger partial charge >= 0.3 is 0 Å². The second-order valence-corrected chi connectivity index (χ2v) is 7.47. The summed E-state index contributed by atoms with van der Waals surface area (Å²) in [7, 11) is 0. The molecule has 1 aliphatic heterocycles. The van der Waals surface area contributed by atoms with Crippen LogP contribution in [0.4, 0.5) is 17.5 Å². The minimum Gasteiger partial charge on any atom is -0.353 e. The normalized spacial score (nSPS) is 14.8. The number of piperazine rings is 1. The Morgan fingerprint density at radius 2 is 1.76 bits per heavy atom. The van der Waals surface area contributed by atoms with Crippen molar-refractivity contribution in [1.82, 2.24) is 20.1 Å². The van der Waals surface area contributed by atoms with Gasteiger partial charge in [-0.3, -0.25) is 4.90 Å². The molecule has 1 aromatic heterocycles. The van der Waals surface area contributed by atoms with Crippen LogP contribution in [0.25, 0.3) is 0 Å². The maximum Gasteiger partial charge on any atom is 0.249 e. The Hall–Kier alpha value is -2.99. The molecule has 1 aliphatic rings. The molecule has 2 heterocycles. The molecule has 6 heteroatoms. The van der Waals surface area contributed by atoms with E-state index in [1.54, 1.807) is 6.20 Å². The van der Waals surface area contributed by atoms with Crippen LogP contribution in [-0.4, -0.2) is 46.3 Å². The molecule has 4 rings (SSSR count). The van der Waals surface area contributed by atoms with E-state index < -0.39 is 0 Å². The van der Waals surface area contributed by atoms with Gasteiger partial charge < -0.3 is 10.2 Å². The van der Waals surface area contributed by atoms with Crippen molar-refractivity contribution in [3.8, 4) is 0 Å². The van der Waals surface area contributed by atoms with Gasteiger partial charge in [-0.2, -0.15) is 10.1 Å². The molecule has 0 spiro atoms. The Bertz CT molecular complexity index is 935. The smallest absolute Gasteiger partial charge is 0.249 e. The lowest BCUT2D eigenvalue weighted by Gasteiger charge is -2.35. The van der Waals surface area contributed by atoms with Crippen molar-refractivity contribution in [3.05, 3.63) is 71.4 Å². The highest BCUT2D eigenvalue weighted by Gasteiger charge is 2.19. The number of hydrogen-bond donors (Lipinski definition) is 1. The van der Waals surface area contributed by atoms with Gasteiger partial charge in [0.2, 0.25) is 5.95 Å². The molecule has 1 saturated heterocycles. The van der Waals surface area contributed by atoms with Gasteiger partial charge in [0, 0.05) is 38.4 Å². The summed E-state index contributed by atoms with van der Waals surface area (Å²) in [5.41, 5.74) is 4.89. The van der Waals surface area contributed by atoms with Crippen LogP contribution in [0.15, 0.2) is 54.7 Å². The lowest BCUT2D eigenvalue weighted by atomic mass is 10.1. The van der Waals surface area contributed by atoms with Gasteiger partial charge in [0.1, 0.15) is 0 Å². The molecule has 0 bridgehead atoms. The number of anilines is 3. The highest BCUT2D eigenvalue weighted by atomic mass is 15.3. The predicted octanol–water partition coefficient (Wildman–Crippen LogP) is 3.81.